The predicted octanol–water partition coefficient (Wildman–Crippen LogP) is 13.7. The Morgan fingerprint density at radius 2 is 0.960 bits per heavy atom. The van der Waals surface area contributed by atoms with Crippen molar-refractivity contribution < 1.29 is 49.3 Å². The molecule has 1 rings (SSSR count). The van der Waals surface area contributed by atoms with Crippen LogP contribution in [0.2, 0.25) is 0 Å². The highest BCUT2D eigenvalue weighted by Crippen LogP contribution is 2.26. The van der Waals surface area contributed by atoms with Crippen LogP contribution in [0.15, 0.2) is 109 Å². The van der Waals surface area contributed by atoms with Gasteiger partial charge in [-0.3, -0.25) is 9.59 Å². The third kappa shape index (κ3) is 39.4. The SMILES string of the molecule is CC/C=C\C/C=C\C/C=C\C/C=C\C/C=C\C/C=C\CC(O)C(=O)NC(COC1OC(CO)C(O)C(O)C1OC(=O)CCCCCCCCC/C=C\C/C=C\CCCCC)C(O)/C=C/CCCCCCCCCCC. The van der Waals surface area contributed by atoms with Gasteiger partial charge in [-0.05, 0) is 89.9 Å². The Morgan fingerprint density at radius 3 is 1.47 bits per heavy atom. The zero-order chi connectivity index (χ0) is 54.7. The molecular formula is C64H107NO10. The normalized spacial score (nSPS) is 20.0. The molecule has 8 atom stereocenters. The molecule has 0 radical (unpaired) electrons. The number of rotatable bonds is 48. The predicted molar refractivity (Wildman–Crippen MR) is 310 cm³/mol. The van der Waals surface area contributed by atoms with Crippen LogP contribution < -0.4 is 5.32 Å². The molecule has 1 saturated heterocycles. The maximum atomic E-state index is 13.4. The molecule has 1 heterocycles. The third-order valence-electron chi connectivity index (χ3n) is 13.2. The Balaban J connectivity index is 2.76. The van der Waals surface area contributed by atoms with Crippen LogP contribution in [0.5, 0.6) is 0 Å². The summed E-state index contributed by atoms with van der Waals surface area (Å²) in [6, 6.07) is -1.07. The van der Waals surface area contributed by atoms with Gasteiger partial charge in [-0.1, -0.05) is 226 Å². The minimum Gasteiger partial charge on any atom is -0.454 e. The van der Waals surface area contributed by atoms with E-state index in [2.05, 4.69) is 105 Å². The minimum atomic E-state index is -1.64. The smallest absolute Gasteiger partial charge is 0.306 e. The topological polar surface area (TPSA) is 175 Å². The standard InChI is InChI=1S/C64H107NO10/c1-4-7-10-13-16-19-22-24-26-28-30-31-33-36-39-42-45-48-51-57(68)63(72)65-55(56(67)50-47-44-41-38-35-21-18-15-12-9-6-3)54-73-64-62(61(71)60(70)58(53-66)74-64)75-59(69)52-49-46-43-40-37-34-32-29-27-25-23-20-17-14-11-8-5-2/h7,10,16-17,19-20,24-27,30-31,36,39,45,47-48,50,55-58,60-62,64,66-68,70-71H,4-6,8-9,11-15,18,21-23,28-29,32-35,37-38,40-44,46,49,51-54H2,1-3H3,(H,65,72)/b10-7-,19-16-,20-17-,26-24-,27-25-,31-30-,39-36-,48-45-,50-47+. The number of hydrogen-bond donors (Lipinski definition) is 6. The van der Waals surface area contributed by atoms with Crippen molar-refractivity contribution in [2.45, 2.75) is 269 Å². The van der Waals surface area contributed by atoms with Crippen molar-refractivity contribution in [2.24, 2.45) is 0 Å². The molecule has 11 nitrogen and oxygen atoms in total. The molecule has 8 unspecified atom stereocenters. The zero-order valence-electron chi connectivity index (χ0n) is 47.1. The number of aliphatic hydroxyl groups is 5. The lowest BCUT2D eigenvalue weighted by Crippen LogP contribution is -2.61. The molecule has 428 valence electrons. The summed E-state index contributed by atoms with van der Waals surface area (Å²) in [5, 5.41) is 56.7. The highest BCUT2D eigenvalue weighted by atomic mass is 16.7. The van der Waals surface area contributed by atoms with Crippen molar-refractivity contribution in [3.8, 4) is 0 Å². The molecule has 0 aromatic rings. The summed E-state index contributed by atoms with van der Waals surface area (Å²) in [5.41, 5.74) is 0. The Kier molecular flexibility index (Phi) is 47.2. The van der Waals surface area contributed by atoms with Crippen molar-refractivity contribution in [2.75, 3.05) is 13.2 Å². The molecule has 1 aliphatic rings. The second-order valence-corrected chi connectivity index (χ2v) is 20.0. The summed E-state index contributed by atoms with van der Waals surface area (Å²) < 4.78 is 17.5. The van der Waals surface area contributed by atoms with Gasteiger partial charge in [-0.2, -0.15) is 0 Å². The second kappa shape index (κ2) is 51.1. The summed E-state index contributed by atoms with van der Waals surface area (Å²) in [6.45, 7) is 5.57. The van der Waals surface area contributed by atoms with E-state index in [1.807, 2.05) is 18.2 Å². The van der Waals surface area contributed by atoms with Crippen molar-refractivity contribution in [3.05, 3.63) is 109 Å². The van der Waals surface area contributed by atoms with Crippen LogP contribution in [-0.4, -0.2) is 99.6 Å². The molecule has 0 saturated carbocycles. The van der Waals surface area contributed by atoms with Gasteiger partial charge in [-0.25, -0.2) is 0 Å². The first-order chi connectivity index (χ1) is 36.7. The number of hydrogen-bond acceptors (Lipinski definition) is 10. The molecule has 0 aromatic carbocycles. The number of nitrogens with one attached hydrogen (secondary N) is 1. The van der Waals surface area contributed by atoms with E-state index in [0.29, 0.717) is 12.8 Å². The maximum Gasteiger partial charge on any atom is 0.306 e. The van der Waals surface area contributed by atoms with Crippen LogP contribution in [0.4, 0.5) is 0 Å². The number of aliphatic hydroxyl groups excluding tert-OH is 5. The quantitative estimate of drug-likeness (QED) is 0.0195. The average molecular weight is 1050 g/mol. The summed E-state index contributed by atoms with van der Waals surface area (Å²) in [4.78, 5) is 26.5. The minimum absolute atomic E-state index is 0.0518. The van der Waals surface area contributed by atoms with Crippen molar-refractivity contribution in [1.29, 1.82) is 0 Å². The molecular weight excluding hydrogens is 943 g/mol. The Labute approximate surface area is 456 Å². The molecule has 1 fully saturated rings. The summed E-state index contributed by atoms with van der Waals surface area (Å²) in [6.07, 6.45) is 58.6. The lowest BCUT2D eigenvalue weighted by molar-refractivity contribution is -0.305. The lowest BCUT2D eigenvalue weighted by atomic mass is 9.99. The Morgan fingerprint density at radius 1 is 0.533 bits per heavy atom. The van der Waals surface area contributed by atoms with Crippen LogP contribution in [0.25, 0.3) is 0 Å². The van der Waals surface area contributed by atoms with E-state index in [1.54, 1.807) is 12.2 Å². The van der Waals surface area contributed by atoms with Crippen LogP contribution in [0, 0.1) is 0 Å². The maximum absolute atomic E-state index is 13.4. The monoisotopic (exact) mass is 1050 g/mol. The van der Waals surface area contributed by atoms with Gasteiger partial charge in [0.15, 0.2) is 12.4 Å². The van der Waals surface area contributed by atoms with Crippen molar-refractivity contribution in [3.63, 3.8) is 0 Å². The summed E-state index contributed by atoms with van der Waals surface area (Å²) >= 11 is 0. The number of carbonyl (C=O) groups is 2. The first-order valence-electron chi connectivity index (χ1n) is 29.7. The highest BCUT2D eigenvalue weighted by molar-refractivity contribution is 5.81. The number of esters is 1. The largest absolute Gasteiger partial charge is 0.454 e. The molecule has 75 heavy (non-hydrogen) atoms. The number of allylic oxidation sites excluding steroid dienone is 16. The van der Waals surface area contributed by atoms with Crippen molar-refractivity contribution in [1.82, 2.24) is 5.32 Å². The highest BCUT2D eigenvalue weighted by Gasteiger charge is 2.47. The van der Waals surface area contributed by atoms with Gasteiger partial charge in [0, 0.05) is 12.8 Å². The fourth-order valence-electron chi connectivity index (χ4n) is 8.46. The van der Waals surface area contributed by atoms with E-state index in [9.17, 15) is 35.1 Å². The van der Waals surface area contributed by atoms with Gasteiger partial charge in [0.1, 0.15) is 24.4 Å². The van der Waals surface area contributed by atoms with Crippen molar-refractivity contribution >= 4 is 11.9 Å². The fourth-order valence-corrected chi connectivity index (χ4v) is 8.46. The van der Waals surface area contributed by atoms with Gasteiger partial charge in [0.25, 0.3) is 0 Å². The lowest BCUT2D eigenvalue weighted by Gasteiger charge is -2.41. The van der Waals surface area contributed by atoms with E-state index in [0.717, 1.165) is 103 Å². The molecule has 0 aliphatic carbocycles. The van der Waals surface area contributed by atoms with E-state index in [1.165, 1.54) is 70.6 Å². The Hall–Kier alpha value is -3.68. The van der Waals surface area contributed by atoms with Gasteiger partial charge in [0.2, 0.25) is 5.91 Å². The molecule has 0 bridgehead atoms. The number of carbonyl (C=O) groups excluding carboxylic acids is 2. The van der Waals surface area contributed by atoms with E-state index < -0.39 is 67.4 Å². The molecule has 1 amide bonds. The van der Waals surface area contributed by atoms with Gasteiger partial charge >= 0.3 is 5.97 Å². The number of unbranched alkanes of at least 4 members (excludes halogenated alkanes) is 19. The molecule has 6 N–H and O–H groups in total. The first kappa shape index (κ1) is 69.3. The van der Waals surface area contributed by atoms with E-state index >= 15 is 0 Å². The Bertz CT molecular complexity index is 1630. The fraction of sp³-hybridized carbons (Fsp3) is 0.688. The number of ether oxygens (including phenoxy) is 3. The van der Waals surface area contributed by atoms with E-state index in [-0.39, 0.29) is 19.4 Å². The summed E-state index contributed by atoms with van der Waals surface area (Å²) in [5.74, 6) is -1.30. The van der Waals surface area contributed by atoms with Crippen LogP contribution in [-0.2, 0) is 23.8 Å². The van der Waals surface area contributed by atoms with Gasteiger partial charge in [-0.15, -0.1) is 0 Å². The van der Waals surface area contributed by atoms with Crippen LogP contribution >= 0.6 is 0 Å². The second-order valence-electron chi connectivity index (χ2n) is 20.0. The van der Waals surface area contributed by atoms with Crippen LogP contribution in [0.3, 0.4) is 0 Å². The molecule has 0 aromatic heterocycles. The number of amides is 1. The third-order valence-corrected chi connectivity index (χ3v) is 13.2. The van der Waals surface area contributed by atoms with E-state index in [4.69, 9.17) is 14.2 Å². The van der Waals surface area contributed by atoms with Gasteiger partial charge < -0.3 is 45.1 Å². The average Bonchev–Trinajstić information content (AvgIpc) is 3.41. The molecule has 0 spiro atoms. The zero-order valence-corrected chi connectivity index (χ0v) is 47.1. The van der Waals surface area contributed by atoms with Crippen LogP contribution in [0.1, 0.15) is 220 Å². The molecule has 11 heteroatoms. The summed E-state index contributed by atoms with van der Waals surface area (Å²) in [7, 11) is 0. The molecule has 1 aliphatic heterocycles. The first-order valence-corrected chi connectivity index (χ1v) is 29.7. The van der Waals surface area contributed by atoms with Gasteiger partial charge in [0.05, 0.1) is 25.4 Å².